The molecule has 2 atom stereocenters. The molecule has 3 aromatic rings. The highest BCUT2D eigenvalue weighted by atomic mass is 16.5. The van der Waals surface area contributed by atoms with Gasteiger partial charge in [-0.25, -0.2) is 4.68 Å². The molecule has 2 heterocycles. The zero-order valence-electron chi connectivity index (χ0n) is 20.5. The summed E-state index contributed by atoms with van der Waals surface area (Å²) in [5.41, 5.74) is 4.66. The van der Waals surface area contributed by atoms with E-state index in [2.05, 4.69) is 39.7 Å². The standard InChI is InChI=1S/C26H29N5O4/c1-30(2)18-8-6-15(7-9-18)24-23-19(29-26-27-14-28-31(24)26)10-16(11-20(23)32)17-12-21(33-3)25(35-5)22(13-17)34-4/h6-9,12-14,16,24H,10-11H2,1-5H3,(H,27,28,29)/t16-,24+/m1/s1. The van der Waals surface area contributed by atoms with E-state index in [4.69, 9.17) is 14.2 Å². The van der Waals surface area contributed by atoms with E-state index < -0.39 is 0 Å². The number of allylic oxidation sites excluding steroid dienone is 2. The summed E-state index contributed by atoms with van der Waals surface area (Å²) >= 11 is 0. The van der Waals surface area contributed by atoms with Crippen LogP contribution in [0.15, 0.2) is 54.0 Å². The van der Waals surface area contributed by atoms with Crippen molar-refractivity contribution in [1.29, 1.82) is 0 Å². The fourth-order valence-corrected chi connectivity index (χ4v) is 4.99. The monoisotopic (exact) mass is 475 g/mol. The maximum atomic E-state index is 13.7. The van der Waals surface area contributed by atoms with Gasteiger partial charge in [0, 0.05) is 37.5 Å². The number of nitrogens with one attached hydrogen (secondary N) is 1. The van der Waals surface area contributed by atoms with Crippen LogP contribution in [0.5, 0.6) is 17.2 Å². The predicted molar refractivity (Wildman–Crippen MR) is 133 cm³/mol. The Hall–Kier alpha value is -4.01. The molecule has 2 aliphatic rings. The van der Waals surface area contributed by atoms with Gasteiger partial charge in [0.05, 0.1) is 21.3 Å². The van der Waals surface area contributed by atoms with E-state index in [1.807, 2.05) is 31.1 Å². The summed E-state index contributed by atoms with van der Waals surface area (Å²) in [6.07, 6.45) is 2.54. The molecule has 35 heavy (non-hydrogen) atoms. The van der Waals surface area contributed by atoms with Crippen LogP contribution in [-0.2, 0) is 4.79 Å². The van der Waals surface area contributed by atoms with Crippen LogP contribution in [-0.4, -0.2) is 56.0 Å². The molecule has 0 bridgehead atoms. The average molecular weight is 476 g/mol. The van der Waals surface area contributed by atoms with E-state index in [9.17, 15) is 4.79 Å². The minimum Gasteiger partial charge on any atom is -0.493 e. The highest BCUT2D eigenvalue weighted by Crippen LogP contribution is 2.47. The Morgan fingerprint density at radius 3 is 2.26 bits per heavy atom. The zero-order valence-corrected chi connectivity index (χ0v) is 20.5. The minimum atomic E-state index is -0.326. The summed E-state index contributed by atoms with van der Waals surface area (Å²) in [4.78, 5) is 20.1. The zero-order chi connectivity index (χ0) is 24.7. The van der Waals surface area contributed by atoms with Crippen molar-refractivity contribution in [3.8, 4) is 17.2 Å². The number of Topliss-reactive ketones (excluding diaryl/α,β-unsaturated/α-hetero) is 1. The Bertz CT molecular complexity index is 1270. The van der Waals surface area contributed by atoms with Crippen molar-refractivity contribution in [2.45, 2.75) is 24.8 Å². The Morgan fingerprint density at radius 2 is 1.66 bits per heavy atom. The Kier molecular flexibility index (Phi) is 5.84. The molecule has 0 radical (unpaired) electrons. The number of methoxy groups -OCH3 is 3. The summed E-state index contributed by atoms with van der Waals surface area (Å²) < 4.78 is 18.3. The topological polar surface area (TPSA) is 90.7 Å². The molecule has 1 aromatic heterocycles. The number of hydrogen-bond donors (Lipinski definition) is 1. The van der Waals surface area contributed by atoms with Crippen LogP contribution in [0.3, 0.4) is 0 Å². The first kappa shape index (κ1) is 22.8. The molecule has 0 unspecified atom stereocenters. The molecule has 2 aromatic carbocycles. The van der Waals surface area contributed by atoms with Crippen LogP contribution in [0.25, 0.3) is 0 Å². The molecule has 5 rings (SSSR count). The number of hydrogen-bond acceptors (Lipinski definition) is 8. The maximum Gasteiger partial charge on any atom is 0.226 e. The third-order valence-electron chi connectivity index (χ3n) is 6.75. The number of aromatic nitrogens is 3. The minimum absolute atomic E-state index is 0.0475. The number of nitrogens with zero attached hydrogens (tertiary/aromatic N) is 4. The highest BCUT2D eigenvalue weighted by molar-refractivity contribution is 6.00. The van der Waals surface area contributed by atoms with Crippen LogP contribution in [0.4, 0.5) is 11.6 Å². The Labute approximate surface area is 204 Å². The lowest BCUT2D eigenvalue weighted by Gasteiger charge is -2.35. The molecule has 0 spiro atoms. The smallest absolute Gasteiger partial charge is 0.226 e. The maximum absolute atomic E-state index is 13.7. The average Bonchev–Trinajstić information content (AvgIpc) is 3.34. The third-order valence-corrected chi connectivity index (χ3v) is 6.75. The van der Waals surface area contributed by atoms with Crippen LogP contribution in [0.2, 0.25) is 0 Å². The quantitative estimate of drug-likeness (QED) is 0.576. The molecular weight excluding hydrogens is 446 g/mol. The SMILES string of the molecule is COc1cc([C@H]2CC(=O)C3=C(C2)Nc2ncnn2[C@H]3c2ccc(N(C)C)cc2)cc(OC)c1OC. The fraction of sp³-hybridized carbons (Fsp3) is 0.346. The largest absolute Gasteiger partial charge is 0.493 e. The van der Waals surface area contributed by atoms with Gasteiger partial charge in [0.15, 0.2) is 17.3 Å². The fourth-order valence-electron chi connectivity index (χ4n) is 4.99. The molecule has 0 saturated heterocycles. The van der Waals surface area contributed by atoms with E-state index in [1.54, 1.807) is 26.0 Å². The van der Waals surface area contributed by atoms with Gasteiger partial charge in [0.25, 0.3) is 0 Å². The summed E-state index contributed by atoms with van der Waals surface area (Å²) in [6.45, 7) is 0. The van der Waals surface area contributed by atoms with Gasteiger partial charge < -0.3 is 24.4 Å². The number of benzene rings is 2. The van der Waals surface area contributed by atoms with Gasteiger partial charge in [-0.1, -0.05) is 12.1 Å². The number of carbonyl (C=O) groups is 1. The van der Waals surface area contributed by atoms with Gasteiger partial charge in [0.1, 0.15) is 12.4 Å². The third kappa shape index (κ3) is 3.86. The molecule has 182 valence electrons. The highest BCUT2D eigenvalue weighted by Gasteiger charge is 2.39. The summed E-state index contributed by atoms with van der Waals surface area (Å²) in [7, 11) is 8.77. The second-order valence-corrected chi connectivity index (χ2v) is 8.92. The van der Waals surface area contributed by atoms with E-state index in [-0.39, 0.29) is 17.7 Å². The van der Waals surface area contributed by atoms with Gasteiger partial charge >= 0.3 is 0 Å². The van der Waals surface area contributed by atoms with Crippen LogP contribution < -0.4 is 24.4 Å². The lowest BCUT2D eigenvalue weighted by Crippen LogP contribution is -2.33. The first-order valence-electron chi connectivity index (χ1n) is 11.4. The normalized spacial score (nSPS) is 18.9. The van der Waals surface area contributed by atoms with Crippen molar-refractivity contribution in [2.24, 2.45) is 0 Å². The second kappa shape index (κ2) is 8.98. The van der Waals surface area contributed by atoms with Crippen molar-refractivity contribution in [1.82, 2.24) is 14.8 Å². The van der Waals surface area contributed by atoms with Crippen LogP contribution >= 0.6 is 0 Å². The predicted octanol–water partition coefficient (Wildman–Crippen LogP) is 3.79. The first-order chi connectivity index (χ1) is 16.9. The van der Waals surface area contributed by atoms with E-state index >= 15 is 0 Å². The summed E-state index contributed by atoms with van der Waals surface area (Å²) in [5.74, 6) is 2.34. The van der Waals surface area contributed by atoms with Gasteiger partial charge in [-0.2, -0.15) is 10.1 Å². The number of ether oxygens (including phenoxy) is 3. The summed E-state index contributed by atoms with van der Waals surface area (Å²) in [5, 5.41) is 7.81. The second-order valence-electron chi connectivity index (χ2n) is 8.92. The van der Waals surface area contributed by atoms with Crippen molar-refractivity contribution in [2.75, 3.05) is 45.6 Å². The van der Waals surface area contributed by atoms with Crippen molar-refractivity contribution >= 4 is 17.4 Å². The van der Waals surface area contributed by atoms with Gasteiger partial charge in [-0.15, -0.1) is 0 Å². The van der Waals surface area contributed by atoms with E-state index in [0.717, 1.165) is 28.1 Å². The first-order valence-corrected chi connectivity index (χ1v) is 11.4. The van der Waals surface area contributed by atoms with Gasteiger partial charge in [-0.05, 0) is 47.7 Å². The number of rotatable bonds is 6. The molecular formula is C26H29N5O4. The van der Waals surface area contributed by atoms with Crippen molar-refractivity contribution in [3.63, 3.8) is 0 Å². The molecule has 1 aliphatic carbocycles. The lowest BCUT2D eigenvalue weighted by atomic mass is 9.77. The Morgan fingerprint density at radius 1 is 0.971 bits per heavy atom. The number of carbonyl (C=O) groups excluding carboxylic acids is 1. The van der Waals surface area contributed by atoms with Crippen LogP contribution in [0.1, 0.15) is 35.9 Å². The van der Waals surface area contributed by atoms with Gasteiger partial charge in [-0.3, -0.25) is 4.79 Å². The van der Waals surface area contributed by atoms with E-state index in [1.165, 1.54) is 6.33 Å². The molecule has 0 fully saturated rings. The lowest BCUT2D eigenvalue weighted by molar-refractivity contribution is -0.116. The van der Waals surface area contributed by atoms with E-state index in [0.29, 0.717) is 36.0 Å². The Balaban J connectivity index is 1.55. The van der Waals surface area contributed by atoms with Crippen LogP contribution in [0, 0.1) is 0 Å². The molecule has 1 N–H and O–H groups in total. The van der Waals surface area contributed by atoms with Gasteiger partial charge in [0.2, 0.25) is 11.7 Å². The molecule has 1 aliphatic heterocycles. The summed E-state index contributed by atoms with van der Waals surface area (Å²) in [6, 6.07) is 11.7. The number of ketones is 1. The number of anilines is 2. The van der Waals surface area contributed by atoms with Crippen molar-refractivity contribution < 1.29 is 19.0 Å². The molecule has 0 amide bonds. The molecule has 9 nitrogen and oxygen atoms in total. The number of fused-ring (bicyclic) bond motifs is 1. The van der Waals surface area contributed by atoms with Crippen molar-refractivity contribution in [3.05, 3.63) is 65.1 Å². The molecule has 0 saturated carbocycles. The molecule has 9 heteroatoms.